The lowest BCUT2D eigenvalue weighted by Gasteiger charge is -2.31. The van der Waals surface area contributed by atoms with Gasteiger partial charge in [0.25, 0.3) is 0 Å². The summed E-state index contributed by atoms with van der Waals surface area (Å²) >= 11 is 0. The van der Waals surface area contributed by atoms with E-state index < -0.39 is 0 Å². The molecule has 0 aromatic heterocycles. The molecule has 0 amide bonds. The molecule has 0 fully saturated rings. The number of para-hydroxylation sites is 1. The van der Waals surface area contributed by atoms with Gasteiger partial charge in [0, 0.05) is 36.1 Å². The summed E-state index contributed by atoms with van der Waals surface area (Å²) in [5.74, 6) is 1.50. The Bertz CT molecular complexity index is 700. The van der Waals surface area contributed by atoms with Crippen LogP contribution in [0.4, 0.5) is 11.4 Å². The van der Waals surface area contributed by atoms with Crippen LogP contribution in [0.25, 0.3) is 0 Å². The number of anilines is 2. The van der Waals surface area contributed by atoms with Gasteiger partial charge in [-0.1, -0.05) is 18.2 Å². The number of methoxy groups -OCH3 is 2. The highest BCUT2D eigenvalue weighted by Crippen LogP contribution is 2.34. The first-order valence-corrected chi connectivity index (χ1v) is 8.56. The Balaban J connectivity index is 1.69. The molecule has 0 aliphatic carbocycles. The molecule has 0 bridgehead atoms. The molecule has 0 spiro atoms. The average Bonchev–Trinajstić information content (AvgIpc) is 2.61. The van der Waals surface area contributed by atoms with E-state index in [-0.39, 0.29) is 0 Å². The molecule has 0 atom stereocenters. The number of hydrogen-bond acceptors (Lipinski definition) is 4. The second-order valence-electron chi connectivity index (χ2n) is 6.24. The topological polar surface area (TPSA) is 47.7 Å². The monoisotopic (exact) mass is 326 g/mol. The molecule has 3 rings (SSSR count). The molecule has 2 N–H and O–H groups in total. The minimum atomic E-state index is 0.704. The Morgan fingerprint density at radius 1 is 1.12 bits per heavy atom. The highest BCUT2D eigenvalue weighted by Gasteiger charge is 2.16. The average molecular weight is 326 g/mol. The maximum Gasteiger partial charge on any atom is 0.164 e. The summed E-state index contributed by atoms with van der Waals surface area (Å²) in [5.41, 5.74) is 10.7. The summed E-state index contributed by atoms with van der Waals surface area (Å²) in [6.45, 7) is 2.17. The maximum atomic E-state index is 5.99. The number of rotatable bonds is 6. The minimum Gasteiger partial charge on any atom is -0.493 e. The highest BCUT2D eigenvalue weighted by molar-refractivity contribution is 5.57. The first-order chi connectivity index (χ1) is 11.7. The fourth-order valence-electron chi connectivity index (χ4n) is 3.56. The zero-order valence-corrected chi connectivity index (χ0v) is 14.5. The SMILES string of the molecule is COc1cc(N)cc(CCCN2CCCc3ccccc32)c1OC. The van der Waals surface area contributed by atoms with Crippen LogP contribution in [0.2, 0.25) is 0 Å². The third kappa shape index (κ3) is 3.42. The normalized spacial score (nSPS) is 13.5. The summed E-state index contributed by atoms with van der Waals surface area (Å²) in [6.07, 6.45) is 4.39. The molecule has 0 saturated heterocycles. The summed E-state index contributed by atoms with van der Waals surface area (Å²) < 4.78 is 10.9. The molecule has 1 aliphatic heterocycles. The van der Waals surface area contributed by atoms with Crippen LogP contribution in [0.3, 0.4) is 0 Å². The molecule has 1 heterocycles. The van der Waals surface area contributed by atoms with Crippen LogP contribution in [0, 0.1) is 0 Å². The van der Waals surface area contributed by atoms with Crippen molar-refractivity contribution in [3.63, 3.8) is 0 Å². The van der Waals surface area contributed by atoms with E-state index in [1.807, 2.05) is 12.1 Å². The number of nitrogens with two attached hydrogens (primary N) is 1. The van der Waals surface area contributed by atoms with Gasteiger partial charge < -0.3 is 20.1 Å². The van der Waals surface area contributed by atoms with E-state index in [2.05, 4.69) is 29.2 Å². The Kier molecular flexibility index (Phi) is 5.14. The molecule has 2 aromatic carbocycles. The van der Waals surface area contributed by atoms with E-state index >= 15 is 0 Å². The third-order valence-corrected chi connectivity index (χ3v) is 4.66. The fraction of sp³-hybridized carbons (Fsp3) is 0.400. The first-order valence-electron chi connectivity index (χ1n) is 8.56. The number of fused-ring (bicyclic) bond motifs is 1. The van der Waals surface area contributed by atoms with Crippen LogP contribution in [0.5, 0.6) is 11.5 Å². The van der Waals surface area contributed by atoms with Crippen LogP contribution in [0.1, 0.15) is 24.0 Å². The molecule has 1 aliphatic rings. The molecular formula is C20H26N2O2. The van der Waals surface area contributed by atoms with Crippen molar-refractivity contribution in [1.82, 2.24) is 0 Å². The van der Waals surface area contributed by atoms with Gasteiger partial charge in [0.15, 0.2) is 11.5 Å². The summed E-state index contributed by atoms with van der Waals surface area (Å²) in [4.78, 5) is 2.49. The van der Waals surface area contributed by atoms with Gasteiger partial charge in [-0.15, -0.1) is 0 Å². The highest BCUT2D eigenvalue weighted by atomic mass is 16.5. The summed E-state index contributed by atoms with van der Waals surface area (Å²) in [6, 6.07) is 12.5. The molecule has 0 radical (unpaired) electrons. The number of hydrogen-bond donors (Lipinski definition) is 1. The van der Waals surface area contributed by atoms with Crippen molar-refractivity contribution in [3.8, 4) is 11.5 Å². The third-order valence-electron chi connectivity index (χ3n) is 4.66. The quantitative estimate of drug-likeness (QED) is 0.823. The Morgan fingerprint density at radius 2 is 1.96 bits per heavy atom. The van der Waals surface area contributed by atoms with Gasteiger partial charge in [0.1, 0.15) is 0 Å². The summed E-state index contributed by atoms with van der Waals surface area (Å²) in [7, 11) is 3.32. The van der Waals surface area contributed by atoms with Crippen molar-refractivity contribution >= 4 is 11.4 Å². The molecule has 2 aromatic rings. The van der Waals surface area contributed by atoms with Crippen molar-refractivity contribution in [1.29, 1.82) is 0 Å². The zero-order chi connectivity index (χ0) is 16.9. The maximum absolute atomic E-state index is 5.99. The Labute approximate surface area is 144 Å². The van der Waals surface area contributed by atoms with Crippen molar-refractivity contribution in [2.75, 3.05) is 37.9 Å². The Morgan fingerprint density at radius 3 is 2.75 bits per heavy atom. The number of benzene rings is 2. The molecule has 24 heavy (non-hydrogen) atoms. The van der Waals surface area contributed by atoms with E-state index in [4.69, 9.17) is 15.2 Å². The molecule has 128 valence electrons. The second kappa shape index (κ2) is 7.47. The van der Waals surface area contributed by atoms with Crippen LogP contribution in [-0.2, 0) is 12.8 Å². The van der Waals surface area contributed by atoms with Crippen molar-refractivity contribution in [2.24, 2.45) is 0 Å². The second-order valence-corrected chi connectivity index (χ2v) is 6.24. The zero-order valence-electron chi connectivity index (χ0n) is 14.5. The van der Waals surface area contributed by atoms with Crippen LogP contribution in [-0.4, -0.2) is 27.3 Å². The van der Waals surface area contributed by atoms with Crippen LogP contribution < -0.4 is 20.1 Å². The summed E-state index contributed by atoms with van der Waals surface area (Å²) in [5, 5.41) is 0. The number of aryl methyl sites for hydroxylation is 2. The van der Waals surface area contributed by atoms with E-state index in [1.54, 1.807) is 14.2 Å². The predicted octanol–water partition coefficient (Wildman–Crippen LogP) is 3.67. The van der Waals surface area contributed by atoms with Gasteiger partial charge in [-0.3, -0.25) is 0 Å². The first kappa shape index (κ1) is 16.5. The van der Waals surface area contributed by atoms with E-state index in [9.17, 15) is 0 Å². The largest absolute Gasteiger partial charge is 0.493 e. The van der Waals surface area contributed by atoms with E-state index in [0.717, 1.165) is 37.2 Å². The van der Waals surface area contributed by atoms with Crippen molar-refractivity contribution < 1.29 is 9.47 Å². The predicted molar refractivity (Wildman–Crippen MR) is 99.3 cm³/mol. The van der Waals surface area contributed by atoms with Crippen molar-refractivity contribution in [2.45, 2.75) is 25.7 Å². The standard InChI is InChI=1S/C20H26N2O2/c1-23-19-14-17(21)13-16(20(19)24-2)9-6-12-22-11-5-8-15-7-3-4-10-18(15)22/h3-4,7,10,13-14H,5-6,8-9,11-12,21H2,1-2H3. The van der Waals surface area contributed by atoms with Crippen molar-refractivity contribution in [3.05, 3.63) is 47.5 Å². The van der Waals surface area contributed by atoms with E-state index in [1.165, 1.54) is 24.1 Å². The number of nitrogen functional groups attached to an aromatic ring is 1. The number of nitrogens with zero attached hydrogens (tertiary/aromatic N) is 1. The van der Waals surface area contributed by atoms with Gasteiger partial charge in [-0.25, -0.2) is 0 Å². The van der Waals surface area contributed by atoms with E-state index in [0.29, 0.717) is 11.4 Å². The van der Waals surface area contributed by atoms with Gasteiger partial charge in [-0.2, -0.15) is 0 Å². The molecule has 0 saturated carbocycles. The molecule has 4 nitrogen and oxygen atoms in total. The fourth-order valence-corrected chi connectivity index (χ4v) is 3.56. The van der Waals surface area contributed by atoms with Gasteiger partial charge in [-0.05, 0) is 43.4 Å². The van der Waals surface area contributed by atoms with Crippen LogP contribution in [0.15, 0.2) is 36.4 Å². The van der Waals surface area contributed by atoms with Gasteiger partial charge in [0.05, 0.1) is 14.2 Å². The molecule has 0 unspecified atom stereocenters. The van der Waals surface area contributed by atoms with Crippen LogP contribution >= 0.6 is 0 Å². The smallest absolute Gasteiger partial charge is 0.164 e. The molecule has 4 heteroatoms. The van der Waals surface area contributed by atoms with Gasteiger partial charge in [0.2, 0.25) is 0 Å². The minimum absolute atomic E-state index is 0.704. The Hall–Kier alpha value is -2.36. The lowest BCUT2D eigenvalue weighted by atomic mass is 10.0. The lowest BCUT2D eigenvalue weighted by Crippen LogP contribution is -2.30. The van der Waals surface area contributed by atoms with Gasteiger partial charge >= 0.3 is 0 Å². The molecular weight excluding hydrogens is 300 g/mol. The number of ether oxygens (including phenoxy) is 2. The lowest BCUT2D eigenvalue weighted by molar-refractivity contribution is 0.351.